The van der Waals surface area contributed by atoms with E-state index >= 15 is 0 Å². The van der Waals surface area contributed by atoms with Crippen molar-refractivity contribution in [3.8, 4) is 11.5 Å². The summed E-state index contributed by atoms with van der Waals surface area (Å²) >= 11 is 10.8. The van der Waals surface area contributed by atoms with Crippen LogP contribution in [0.1, 0.15) is 77.7 Å². The fourth-order valence-electron chi connectivity index (χ4n) is 3.37. The number of carbonyl (C=O) groups is 1. The average Bonchev–Trinajstić information content (AvgIpc) is 2.83. The molecule has 1 saturated carbocycles. The minimum atomic E-state index is -0.138. The molecule has 194 valence electrons. The van der Waals surface area contributed by atoms with Crippen LogP contribution < -0.4 is 10.5 Å². The molecular formula is C26H41Cl2FN2O3. The number of rotatable bonds is 8. The molecule has 0 spiro atoms. The number of aromatic hydroxyl groups is 1. The molecule has 34 heavy (non-hydrogen) atoms. The molecule has 3 N–H and O–H groups in total. The van der Waals surface area contributed by atoms with Gasteiger partial charge < -0.3 is 15.6 Å². The summed E-state index contributed by atoms with van der Waals surface area (Å²) in [6.45, 7) is 7.75. The number of benzene rings is 1. The molecule has 1 fully saturated rings. The molecule has 1 aromatic carbocycles. The zero-order valence-corrected chi connectivity index (χ0v) is 22.6. The first-order chi connectivity index (χ1) is 16.0. The van der Waals surface area contributed by atoms with Crippen LogP contribution in [0.15, 0.2) is 34.6 Å². The molecule has 1 aliphatic carbocycles. The zero-order valence-electron chi connectivity index (χ0n) is 21.1. The van der Waals surface area contributed by atoms with Crippen molar-refractivity contribution in [3.05, 3.63) is 35.1 Å². The summed E-state index contributed by atoms with van der Waals surface area (Å²) in [7, 11) is 1.73. The van der Waals surface area contributed by atoms with Crippen molar-refractivity contribution in [2.45, 2.75) is 72.1 Å². The molecule has 0 radical (unpaired) electrons. The summed E-state index contributed by atoms with van der Waals surface area (Å²) in [5, 5.41) is 9.58. The fourth-order valence-corrected chi connectivity index (χ4v) is 3.54. The van der Waals surface area contributed by atoms with E-state index in [9.17, 15) is 14.3 Å². The first-order valence-corrected chi connectivity index (χ1v) is 12.6. The third-order valence-corrected chi connectivity index (χ3v) is 6.17. The van der Waals surface area contributed by atoms with Crippen LogP contribution in [0, 0.1) is 11.8 Å². The molecule has 1 aliphatic rings. The van der Waals surface area contributed by atoms with Crippen molar-refractivity contribution in [2.24, 2.45) is 22.6 Å². The molecule has 8 heteroatoms. The van der Waals surface area contributed by atoms with Gasteiger partial charge in [0.15, 0.2) is 0 Å². The van der Waals surface area contributed by atoms with Crippen LogP contribution >= 0.6 is 23.2 Å². The van der Waals surface area contributed by atoms with Gasteiger partial charge in [0.05, 0.1) is 10.9 Å². The molecule has 5 nitrogen and oxygen atoms in total. The lowest BCUT2D eigenvalue weighted by atomic mass is 9.83. The Hall–Kier alpha value is -1.79. The second-order valence-corrected chi connectivity index (χ2v) is 9.61. The van der Waals surface area contributed by atoms with E-state index < -0.39 is 0 Å². The van der Waals surface area contributed by atoms with E-state index in [-0.39, 0.29) is 35.1 Å². The second kappa shape index (κ2) is 18.5. The quantitative estimate of drug-likeness (QED) is 0.278. The molecule has 0 heterocycles. The number of amides is 1. The summed E-state index contributed by atoms with van der Waals surface area (Å²) in [4.78, 5) is 14.6. The highest BCUT2D eigenvalue weighted by molar-refractivity contribution is 6.29. The maximum atomic E-state index is 11.9. The number of nitrogens with two attached hydrogens (primary N) is 1. The monoisotopic (exact) mass is 518 g/mol. The summed E-state index contributed by atoms with van der Waals surface area (Å²) < 4.78 is 17.2. The lowest BCUT2D eigenvalue weighted by Crippen LogP contribution is -2.23. The van der Waals surface area contributed by atoms with Gasteiger partial charge >= 0.3 is 0 Å². The van der Waals surface area contributed by atoms with Gasteiger partial charge in [0.1, 0.15) is 24.4 Å². The Morgan fingerprint density at radius 1 is 1.29 bits per heavy atom. The molecule has 1 aromatic rings. The SMILES string of the molecule is CC(C)c1cc(OC/C(Cl)=C/F)ccc1O.CN=C(C)CCl.C[C@@H](CC1CCCCC1)C(N)=O. The van der Waals surface area contributed by atoms with Crippen LogP contribution in [-0.4, -0.2) is 36.3 Å². The Balaban J connectivity index is 0.000000532. The molecule has 2 rings (SSSR count). The number of nitrogens with zero attached hydrogens (tertiary/aromatic N) is 1. The van der Waals surface area contributed by atoms with E-state index in [1.54, 1.807) is 25.2 Å². The normalized spacial score (nSPS) is 15.6. The van der Waals surface area contributed by atoms with Gasteiger partial charge in [0, 0.05) is 24.2 Å². The summed E-state index contributed by atoms with van der Waals surface area (Å²) in [6.07, 6.45) is 7.98. The number of ether oxygens (including phenoxy) is 1. The van der Waals surface area contributed by atoms with E-state index in [0.717, 1.165) is 23.6 Å². The average molecular weight is 520 g/mol. The zero-order chi connectivity index (χ0) is 26.1. The van der Waals surface area contributed by atoms with Crippen molar-refractivity contribution >= 4 is 34.8 Å². The van der Waals surface area contributed by atoms with Crippen LogP contribution in [0.25, 0.3) is 0 Å². The molecule has 0 aliphatic heterocycles. The Morgan fingerprint density at radius 3 is 2.35 bits per heavy atom. The van der Waals surface area contributed by atoms with Gasteiger partial charge in [-0.1, -0.05) is 64.5 Å². The first kappa shape index (κ1) is 32.2. The number of aliphatic imine (C=N–C) groups is 1. The number of hydrogen-bond donors (Lipinski definition) is 2. The number of halogens is 3. The molecule has 0 bridgehead atoms. The summed E-state index contributed by atoms with van der Waals surface area (Å²) in [6, 6.07) is 4.89. The molecule has 0 saturated heterocycles. The van der Waals surface area contributed by atoms with Crippen molar-refractivity contribution in [2.75, 3.05) is 19.5 Å². The number of hydrogen-bond acceptors (Lipinski definition) is 4. The second-order valence-electron chi connectivity index (χ2n) is 8.86. The predicted molar refractivity (Wildman–Crippen MR) is 142 cm³/mol. The number of carbonyl (C=O) groups excluding carboxylic acids is 1. The minimum absolute atomic E-state index is 0.000767. The smallest absolute Gasteiger partial charge is 0.220 e. The van der Waals surface area contributed by atoms with E-state index in [1.807, 2.05) is 27.7 Å². The molecular weight excluding hydrogens is 478 g/mol. The van der Waals surface area contributed by atoms with Gasteiger partial charge in [-0.15, -0.1) is 11.6 Å². The number of alkyl halides is 1. The number of primary amides is 1. The Morgan fingerprint density at radius 2 is 1.91 bits per heavy atom. The first-order valence-electron chi connectivity index (χ1n) is 11.7. The van der Waals surface area contributed by atoms with Crippen LogP contribution in [0.4, 0.5) is 4.39 Å². The highest BCUT2D eigenvalue weighted by Gasteiger charge is 2.18. The van der Waals surface area contributed by atoms with E-state index in [4.69, 9.17) is 33.7 Å². The van der Waals surface area contributed by atoms with Gasteiger partial charge in [-0.2, -0.15) is 0 Å². The number of phenolic OH excluding ortho intramolecular Hbond substituents is 1. The van der Waals surface area contributed by atoms with Crippen LogP contribution in [0.2, 0.25) is 0 Å². The van der Waals surface area contributed by atoms with E-state index in [0.29, 0.717) is 18.0 Å². The van der Waals surface area contributed by atoms with Gasteiger partial charge in [-0.25, -0.2) is 4.39 Å². The molecule has 0 unspecified atom stereocenters. The van der Waals surface area contributed by atoms with Crippen molar-refractivity contribution < 1.29 is 19.0 Å². The third kappa shape index (κ3) is 14.5. The lowest BCUT2D eigenvalue weighted by Gasteiger charge is -2.23. The van der Waals surface area contributed by atoms with Gasteiger partial charge in [-0.05, 0) is 43.4 Å². The van der Waals surface area contributed by atoms with Crippen LogP contribution in [-0.2, 0) is 4.79 Å². The van der Waals surface area contributed by atoms with E-state index in [2.05, 4.69) is 4.99 Å². The third-order valence-electron chi connectivity index (χ3n) is 5.59. The Bertz CT molecular complexity index is 779. The van der Waals surface area contributed by atoms with Crippen molar-refractivity contribution in [3.63, 3.8) is 0 Å². The predicted octanol–water partition coefficient (Wildman–Crippen LogP) is 7.34. The topological polar surface area (TPSA) is 84.9 Å². The summed E-state index contributed by atoms with van der Waals surface area (Å²) in [5.41, 5.74) is 6.99. The van der Waals surface area contributed by atoms with Crippen molar-refractivity contribution in [1.82, 2.24) is 0 Å². The number of phenols is 1. The largest absolute Gasteiger partial charge is 0.508 e. The van der Waals surface area contributed by atoms with Crippen LogP contribution in [0.3, 0.4) is 0 Å². The van der Waals surface area contributed by atoms with Crippen LogP contribution in [0.5, 0.6) is 11.5 Å². The highest BCUT2D eigenvalue weighted by atomic mass is 35.5. The maximum absolute atomic E-state index is 11.9. The van der Waals surface area contributed by atoms with Gasteiger partial charge in [0.25, 0.3) is 0 Å². The molecule has 1 atom stereocenters. The molecule has 0 aromatic heterocycles. The van der Waals surface area contributed by atoms with E-state index in [1.165, 1.54) is 32.1 Å². The standard InChI is InChI=1S/C12H14ClFO2.C10H19NO.C4H8ClN/c1-8(2)11-5-10(3-4-12(11)15)16-7-9(13)6-14;1-8(10(11)12)7-9-5-3-2-4-6-9;1-4(3-5)6-2/h3-6,8,15H,7H2,1-2H3;8-9H,2-7H2,1H3,(H2,11,12);3H2,1-2H3/b9-6-;;/t;8-;/m.0./s1. The highest BCUT2D eigenvalue weighted by Crippen LogP contribution is 2.30. The minimum Gasteiger partial charge on any atom is -0.508 e. The maximum Gasteiger partial charge on any atom is 0.220 e. The molecule has 1 amide bonds. The Labute approximate surface area is 214 Å². The summed E-state index contributed by atoms with van der Waals surface area (Å²) in [5.74, 6) is 2.23. The van der Waals surface area contributed by atoms with Gasteiger partial charge in [-0.3, -0.25) is 9.79 Å². The van der Waals surface area contributed by atoms with Crippen molar-refractivity contribution in [1.29, 1.82) is 0 Å². The lowest BCUT2D eigenvalue weighted by molar-refractivity contribution is -0.121. The van der Waals surface area contributed by atoms with Gasteiger partial charge in [0.2, 0.25) is 5.91 Å². The fraction of sp³-hybridized carbons (Fsp3) is 0.615. The Kier molecular flexibility index (Phi) is 17.6.